The zero-order chi connectivity index (χ0) is 21.1. The molecule has 0 radical (unpaired) electrons. The minimum absolute atomic E-state index is 0.0321. The first-order chi connectivity index (χ1) is 14.5. The molecule has 0 aromatic carbocycles. The van der Waals surface area contributed by atoms with E-state index < -0.39 is 0 Å². The predicted molar refractivity (Wildman–Crippen MR) is 117 cm³/mol. The van der Waals surface area contributed by atoms with Gasteiger partial charge in [-0.1, -0.05) is 0 Å². The van der Waals surface area contributed by atoms with E-state index in [2.05, 4.69) is 26.2 Å². The van der Waals surface area contributed by atoms with Gasteiger partial charge in [0.05, 0.1) is 23.1 Å². The van der Waals surface area contributed by atoms with Crippen molar-refractivity contribution in [3.63, 3.8) is 0 Å². The maximum absolute atomic E-state index is 11.5. The molecule has 0 atom stereocenters. The van der Waals surface area contributed by atoms with Gasteiger partial charge >= 0.3 is 0 Å². The Bertz CT molecular complexity index is 1170. The maximum Gasteiger partial charge on any atom is 0.219 e. The smallest absolute Gasteiger partial charge is 0.219 e. The lowest BCUT2D eigenvalue weighted by atomic mass is 10.2. The molecule has 4 aromatic heterocycles. The van der Waals surface area contributed by atoms with E-state index in [9.17, 15) is 4.79 Å². The molecule has 0 aliphatic heterocycles. The van der Waals surface area contributed by atoms with Crippen LogP contribution in [0.3, 0.4) is 0 Å². The number of rotatable bonds is 8. The molecule has 0 saturated heterocycles. The summed E-state index contributed by atoms with van der Waals surface area (Å²) in [4.78, 5) is 22.2. The molecule has 0 unspecified atom stereocenters. The van der Waals surface area contributed by atoms with Crippen molar-refractivity contribution >= 4 is 34.3 Å². The summed E-state index contributed by atoms with van der Waals surface area (Å²) in [5.74, 6) is 1.52. The molecule has 0 saturated carbocycles. The van der Waals surface area contributed by atoms with Crippen LogP contribution in [0.2, 0.25) is 0 Å². The Morgan fingerprint density at radius 1 is 1.30 bits per heavy atom. The van der Waals surface area contributed by atoms with E-state index in [0.717, 1.165) is 38.9 Å². The van der Waals surface area contributed by atoms with Crippen LogP contribution < -0.4 is 10.6 Å². The predicted octanol–water partition coefficient (Wildman–Crippen LogP) is 2.45. The fourth-order valence-electron chi connectivity index (χ4n) is 3.28. The van der Waals surface area contributed by atoms with Crippen LogP contribution in [0.4, 0.5) is 5.82 Å². The molecule has 4 rings (SSSR count). The van der Waals surface area contributed by atoms with Gasteiger partial charge in [0.1, 0.15) is 11.3 Å². The third kappa shape index (κ3) is 4.33. The first-order valence-electron chi connectivity index (χ1n) is 9.77. The van der Waals surface area contributed by atoms with Crippen LogP contribution in [0.25, 0.3) is 16.7 Å². The zero-order valence-electron chi connectivity index (χ0n) is 17.2. The van der Waals surface area contributed by atoms with E-state index >= 15 is 0 Å². The van der Waals surface area contributed by atoms with E-state index in [-0.39, 0.29) is 5.91 Å². The summed E-state index contributed by atoms with van der Waals surface area (Å²) in [6, 6.07) is 4.05. The minimum Gasteiger partial charge on any atom is -0.368 e. The van der Waals surface area contributed by atoms with Crippen LogP contribution in [-0.2, 0) is 18.3 Å². The second kappa shape index (κ2) is 8.62. The summed E-state index contributed by atoms with van der Waals surface area (Å²) in [6.45, 7) is 2.62. The van der Waals surface area contributed by atoms with Gasteiger partial charge in [-0.25, -0.2) is 9.97 Å². The van der Waals surface area contributed by atoms with E-state index in [4.69, 9.17) is 9.97 Å². The Morgan fingerprint density at radius 3 is 2.87 bits per heavy atom. The van der Waals surface area contributed by atoms with Crippen molar-refractivity contribution in [2.24, 2.45) is 7.05 Å². The fraction of sp³-hybridized carbons (Fsp3) is 0.350. The largest absolute Gasteiger partial charge is 0.368 e. The number of nitrogens with one attached hydrogen (secondary N) is 2. The van der Waals surface area contributed by atoms with Crippen molar-refractivity contribution in [2.75, 3.05) is 18.9 Å². The van der Waals surface area contributed by atoms with Crippen LogP contribution in [0.1, 0.15) is 29.2 Å². The monoisotopic (exact) mass is 424 g/mol. The van der Waals surface area contributed by atoms with E-state index in [1.165, 1.54) is 11.5 Å². The number of carbonyl (C=O) groups is 1. The average molecular weight is 425 g/mol. The Balaban J connectivity index is 1.67. The van der Waals surface area contributed by atoms with Crippen LogP contribution in [-0.4, -0.2) is 48.2 Å². The molecular weight excluding hydrogens is 400 g/mol. The fourth-order valence-corrected chi connectivity index (χ4v) is 4.01. The molecule has 2 N–H and O–H groups in total. The zero-order valence-corrected chi connectivity index (χ0v) is 18.0. The molecule has 0 aliphatic rings. The molecule has 10 heteroatoms. The highest BCUT2D eigenvalue weighted by Crippen LogP contribution is 2.26. The summed E-state index contributed by atoms with van der Waals surface area (Å²) in [7, 11) is 3.54. The van der Waals surface area contributed by atoms with Crippen LogP contribution >= 0.6 is 11.5 Å². The van der Waals surface area contributed by atoms with Gasteiger partial charge in [0.25, 0.3) is 0 Å². The van der Waals surface area contributed by atoms with E-state index in [0.29, 0.717) is 25.8 Å². The number of aromatic nitrogens is 6. The molecule has 0 aliphatic carbocycles. The summed E-state index contributed by atoms with van der Waals surface area (Å²) in [5, 5.41) is 10.3. The van der Waals surface area contributed by atoms with Gasteiger partial charge in [-0.15, -0.1) is 0 Å². The first-order valence-corrected chi connectivity index (χ1v) is 10.5. The van der Waals surface area contributed by atoms with Crippen LogP contribution in [0, 0.1) is 6.92 Å². The number of nitrogens with zero attached hydrogens (tertiary/aromatic N) is 6. The number of hydrogen-bond donors (Lipinski definition) is 2. The highest BCUT2D eigenvalue weighted by atomic mass is 32.1. The number of aryl methyl sites for hydroxylation is 2. The van der Waals surface area contributed by atoms with Gasteiger partial charge in [0.15, 0.2) is 5.82 Å². The number of anilines is 1. The van der Waals surface area contributed by atoms with Gasteiger partial charge in [-0.2, -0.15) is 9.47 Å². The quantitative estimate of drug-likeness (QED) is 0.421. The summed E-state index contributed by atoms with van der Waals surface area (Å²) < 4.78 is 8.14. The molecule has 4 heterocycles. The van der Waals surface area contributed by atoms with Gasteiger partial charge in [-0.3, -0.25) is 9.48 Å². The molecule has 1 amide bonds. The van der Waals surface area contributed by atoms with Crippen molar-refractivity contribution in [1.29, 1.82) is 0 Å². The van der Waals surface area contributed by atoms with Crippen molar-refractivity contribution in [1.82, 2.24) is 34.0 Å². The maximum atomic E-state index is 11.5. The summed E-state index contributed by atoms with van der Waals surface area (Å²) >= 11 is 1.48. The van der Waals surface area contributed by atoms with Crippen molar-refractivity contribution in [3.8, 4) is 5.69 Å². The SMILES string of the molecule is CNC(=O)CCCNc1nc(Cc2cc(C)ns2)nc2ccn(-c3cnn(C)c3)c12. The molecule has 4 aromatic rings. The summed E-state index contributed by atoms with van der Waals surface area (Å²) in [5.41, 5.74) is 3.70. The van der Waals surface area contributed by atoms with Crippen LogP contribution in [0.15, 0.2) is 30.7 Å². The Kier molecular flexibility index (Phi) is 5.75. The minimum atomic E-state index is 0.0321. The number of fused-ring (bicyclic) bond motifs is 1. The first kappa shape index (κ1) is 20.0. The number of hydrogen-bond acceptors (Lipinski definition) is 7. The van der Waals surface area contributed by atoms with Gasteiger partial charge in [0.2, 0.25) is 5.91 Å². The number of carbonyl (C=O) groups excluding carboxylic acids is 1. The molecule has 0 spiro atoms. The Hall–Kier alpha value is -3.27. The van der Waals surface area contributed by atoms with Crippen LogP contribution in [0.5, 0.6) is 0 Å². The molecule has 156 valence electrons. The second-order valence-electron chi connectivity index (χ2n) is 7.10. The van der Waals surface area contributed by atoms with Gasteiger partial charge < -0.3 is 15.2 Å². The van der Waals surface area contributed by atoms with Gasteiger partial charge in [0, 0.05) is 50.8 Å². The Morgan fingerprint density at radius 2 is 2.17 bits per heavy atom. The van der Waals surface area contributed by atoms with Crippen molar-refractivity contribution in [3.05, 3.63) is 47.1 Å². The second-order valence-corrected chi connectivity index (χ2v) is 7.98. The molecule has 0 fully saturated rings. The van der Waals surface area contributed by atoms with E-state index in [1.54, 1.807) is 11.7 Å². The highest BCUT2D eigenvalue weighted by molar-refractivity contribution is 7.05. The third-order valence-corrected chi connectivity index (χ3v) is 5.59. The van der Waals surface area contributed by atoms with E-state index in [1.807, 2.05) is 43.2 Å². The topological polar surface area (TPSA) is 103 Å². The third-order valence-electron chi connectivity index (χ3n) is 4.71. The summed E-state index contributed by atoms with van der Waals surface area (Å²) in [6.07, 6.45) is 7.54. The van der Waals surface area contributed by atoms with Crippen molar-refractivity contribution < 1.29 is 4.79 Å². The normalized spacial score (nSPS) is 11.2. The molecule has 9 nitrogen and oxygen atoms in total. The lowest BCUT2D eigenvalue weighted by molar-refractivity contribution is -0.120. The molecular formula is C20H24N8OS. The molecule has 0 bridgehead atoms. The standard InChI is InChI=1S/C20H24N8OS/c1-13-9-15(30-26-13)10-17-24-16-6-8-28(14-11-23-27(3)12-14)19(16)20(25-17)22-7-4-5-18(29)21-2/h6,8-9,11-12H,4-5,7,10H2,1-3H3,(H,21,29)(H,22,24,25). The lowest BCUT2D eigenvalue weighted by Crippen LogP contribution is -2.18. The average Bonchev–Trinajstić information content (AvgIpc) is 3.44. The van der Waals surface area contributed by atoms with Crippen molar-refractivity contribution in [2.45, 2.75) is 26.2 Å². The number of amides is 1. The molecule has 30 heavy (non-hydrogen) atoms. The highest BCUT2D eigenvalue weighted by Gasteiger charge is 2.15. The lowest BCUT2D eigenvalue weighted by Gasteiger charge is -2.11. The van der Waals surface area contributed by atoms with Gasteiger partial charge in [-0.05, 0) is 37.0 Å². The Labute approximate surface area is 178 Å².